The van der Waals surface area contributed by atoms with E-state index in [0.717, 1.165) is 17.2 Å². The molecule has 1 aromatic carbocycles. The highest BCUT2D eigenvalue weighted by atomic mass is 32.2. The molecule has 0 radical (unpaired) electrons. The fraction of sp³-hybridized carbons (Fsp3) is 0.542. The van der Waals surface area contributed by atoms with Crippen LogP contribution in [0.4, 0.5) is 11.4 Å². The van der Waals surface area contributed by atoms with Crippen molar-refractivity contribution in [2.75, 3.05) is 43.5 Å². The Morgan fingerprint density at radius 3 is 2.49 bits per heavy atom. The van der Waals surface area contributed by atoms with Gasteiger partial charge in [-0.1, -0.05) is 0 Å². The van der Waals surface area contributed by atoms with E-state index in [9.17, 15) is 42.5 Å². The number of amides is 5. The fourth-order valence-electron chi connectivity index (χ4n) is 4.73. The van der Waals surface area contributed by atoms with Crippen LogP contribution < -0.4 is 21.7 Å². The summed E-state index contributed by atoms with van der Waals surface area (Å²) in [4.78, 5) is 78.0. The van der Waals surface area contributed by atoms with Gasteiger partial charge in [-0.25, -0.2) is 8.42 Å². The largest absolute Gasteiger partial charge is 0.378 e. The lowest BCUT2D eigenvalue weighted by Gasteiger charge is -2.30. The lowest BCUT2D eigenvalue weighted by Crippen LogP contribution is -2.56. The summed E-state index contributed by atoms with van der Waals surface area (Å²) in [6.07, 6.45) is 1.37. The highest BCUT2D eigenvalue weighted by Crippen LogP contribution is 2.26. The van der Waals surface area contributed by atoms with E-state index < -0.39 is 80.4 Å². The van der Waals surface area contributed by atoms with Gasteiger partial charge in [-0.2, -0.15) is 0 Å². The lowest BCUT2D eigenvalue weighted by atomic mass is 10.1. The van der Waals surface area contributed by atoms with Crippen LogP contribution in [0.25, 0.3) is 0 Å². The molecule has 1 aromatic rings. The number of carbonyl (C=O) groups excluding carboxylic acids is 5. The second-order valence-electron chi connectivity index (χ2n) is 10.0. The highest BCUT2D eigenvalue weighted by molar-refractivity contribution is 7.90. The Kier molecular flexibility index (Phi) is 9.85. The highest BCUT2D eigenvalue weighted by Gasteiger charge is 2.39. The second-order valence-corrected chi connectivity index (χ2v) is 12.3. The number of hydrogen-bond acceptors (Lipinski definition) is 10. The number of nitro groups is 1. The number of hydrogen-bond donors (Lipinski definition) is 4. The zero-order valence-electron chi connectivity index (χ0n) is 22.6. The number of primary amides is 1. The van der Waals surface area contributed by atoms with Crippen molar-refractivity contribution in [3.8, 4) is 0 Å². The Hall–Kier alpha value is -4.28. The molecule has 3 aliphatic heterocycles. The minimum absolute atomic E-state index is 0.0186. The zero-order valence-corrected chi connectivity index (χ0v) is 23.4. The molecule has 1 fully saturated rings. The molecule has 41 heavy (non-hydrogen) atoms. The van der Waals surface area contributed by atoms with E-state index in [1.165, 1.54) is 24.0 Å². The van der Waals surface area contributed by atoms with Crippen LogP contribution in [-0.2, 0) is 29.0 Å². The zero-order chi connectivity index (χ0) is 30.5. The van der Waals surface area contributed by atoms with E-state index in [4.69, 9.17) is 5.73 Å². The van der Waals surface area contributed by atoms with Gasteiger partial charge < -0.3 is 31.5 Å². The van der Waals surface area contributed by atoms with Crippen molar-refractivity contribution >= 4 is 50.7 Å². The number of benzene rings is 1. The van der Waals surface area contributed by atoms with Gasteiger partial charge in [0.2, 0.25) is 23.6 Å². The molecule has 3 heterocycles. The molecule has 16 nitrogen and oxygen atoms in total. The van der Waals surface area contributed by atoms with E-state index >= 15 is 0 Å². The third kappa shape index (κ3) is 8.12. The number of nitrogens with one attached hydrogen (secondary N) is 3. The summed E-state index contributed by atoms with van der Waals surface area (Å²) >= 11 is 0. The predicted octanol–water partition coefficient (Wildman–Crippen LogP) is -1.64. The van der Waals surface area contributed by atoms with Gasteiger partial charge in [0, 0.05) is 37.5 Å². The predicted molar refractivity (Wildman–Crippen MR) is 145 cm³/mol. The maximum Gasteiger partial charge on any atom is 0.293 e. The first-order valence-electron chi connectivity index (χ1n) is 12.9. The molecule has 5 N–H and O–H groups in total. The lowest BCUT2D eigenvalue weighted by molar-refractivity contribution is -0.384. The van der Waals surface area contributed by atoms with E-state index in [1.54, 1.807) is 0 Å². The number of sulfone groups is 1. The van der Waals surface area contributed by atoms with Gasteiger partial charge in [0.05, 0.1) is 17.2 Å². The van der Waals surface area contributed by atoms with Crippen LogP contribution in [0.1, 0.15) is 36.5 Å². The summed E-state index contributed by atoms with van der Waals surface area (Å²) in [6.45, 7) is 0.934. The van der Waals surface area contributed by atoms with Crippen molar-refractivity contribution in [3.05, 3.63) is 33.9 Å². The molecule has 5 amide bonds. The van der Waals surface area contributed by atoms with Crippen LogP contribution in [-0.4, -0.2) is 109 Å². The van der Waals surface area contributed by atoms with Crippen molar-refractivity contribution in [2.24, 2.45) is 5.73 Å². The van der Waals surface area contributed by atoms with Gasteiger partial charge in [-0.15, -0.1) is 0 Å². The number of carbonyl (C=O) groups is 5. The molecular weight excluding hydrogens is 562 g/mol. The Morgan fingerprint density at radius 2 is 1.85 bits per heavy atom. The number of nitrogens with zero attached hydrogens (tertiary/aromatic N) is 3. The van der Waals surface area contributed by atoms with Gasteiger partial charge >= 0.3 is 0 Å². The molecule has 0 aromatic heterocycles. The van der Waals surface area contributed by atoms with Crippen LogP contribution in [0.5, 0.6) is 0 Å². The molecule has 3 atom stereocenters. The Labute approximate surface area is 236 Å². The fourth-order valence-corrected chi connectivity index (χ4v) is 5.40. The third-order valence-electron chi connectivity index (χ3n) is 6.76. The minimum atomic E-state index is -3.54. The van der Waals surface area contributed by atoms with E-state index in [-0.39, 0.29) is 43.7 Å². The van der Waals surface area contributed by atoms with Crippen LogP contribution >= 0.6 is 0 Å². The van der Waals surface area contributed by atoms with Crippen LogP contribution in [0.3, 0.4) is 0 Å². The second kappa shape index (κ2) is 12.9. The summed E-state index contributed by atoms with van der Waals surface area (Å²) in [6, 6.07) is 0.0922. The number of fused-ring (bicyclic) bond motifs is 12. The molecule has 0 saturated carbocycles. The molecule has 224 valence electrons. The number of rotatable bonds is 6. The summed E-state index contributed by atoms with van der Waals surface area (Å²) < 4.78 is 23.7. The van der Waals surface area contributed by atoms with E-state index in [1.807, 2.05) is 0 Å². The monoisotopic (exact) mass is 595 g/mol. The van der Waals surface area contributed by atoms with Crippen molar-refractivity contribution in [3.63, 3.8) is 0 Å². The number of nitrogens with two attached hydrogens (primary N) is 1. The normalized spacial score (nSPS) is 22.7. The smallest absolute Gasteiger partial charge is 0.293 e. The van der Waals surface area contributed by atoms with Crippen molar-refractivity contribution in [2.45, 2.75) is 44.3 Å². The van der Waals surface area contributed by atoms with Gasteiger partial charge in [-0.05, 0) is 38.3 Å². The van der Waals surface area contributed by atoms with Crippen LogP contribution in [0.2, 0.25) is 0 Å². The maximum atomic E-state index is 13.6. The molecule has 3 aliphatic rings. The summed E-state index contributed by atoms with van der Waals surface area (Å²) in [5.74, 6) is -4.08. The quantitative estimate of drug-likeness (QED) is 0.166. The molecule has 1 saturated heterocycles. The van der Waals surface area contributed by atoms with E-state index in [2.05, 4.69) is 16.0 Å². The Morgan fingerprint density at radius 1 is 1.15 bits per heavy atom. The van der Waals surface area contributed by atoms with Crippen molar-refractivity contribution in [1.82, 2.24) is 20.4 Å². The summed E-state index contributed by atoms with van der Waals surface area (Å²) in [7, 11) is -3.54. The topological polar surface area (TPSA) is 231 Å². The SMILES string of the molecule is C[C@@H]1NC(=O)[C@@H]2CCCN2C(=O)[C@H](CCS(C)(=O)=O)NC(=O)c2ccc(c([N+](=O)[O-])c2)NCCN(CC(N)=O)C1=O. The van der Waals surface area contributed by atoms with E-state index in [0.29, 0.717) is 6.42 Å². The van der Waals surface area contributed by atoms with Gasteiger partial charge in [-0.3, -0.25) is 34.1 Å². The molecule has 0 aliphatic carbocycles. The molecule has 4 rings (SSSR count). The third-order valence-corrected chi connectivity index (χ3v) is 7.74. The summed E-state index contributed by atoms with van der Waals surface area (Å²) in [5, 5.41) is 19.6. The first kappa shape index (κ1) is 31.3. The Bertz CT molecular complexity index is 1350. The molecule has 17 heteroatoms. The van der Waals surface area contributed by atoms with Gasteiger partial charge in [0.1, 0.15) is 33.7 Å². The molecule has 0 unspecified atom stereocenters. The van der Waals surface area contributed by atoms with Gasteiger partial charge in [0.15, 0.2) is 0 Å². The first-order chi connectivity index (χ1) is 19.2. The van der Waals surface area contributed by atoms with Gasteiger partial charge in [0.25, 0.3) is 11.6 Å². The number of anilines is 1. The van der Waals surface area contributed by atoms with Crippen LogP contribution in [0.15, 0.2) is 18.2 Å². The first-order valence-corrected chi connectivity index (χ1v) is 14.9. The average molecular weight is 596 g/mol. The molecular formula is C24H33N7O9S. The molecule has 2 bridgehead atoms. The van der Waals surface area contributed by atoms with Crippen molar-refractivity contribution < 1.29 is 37.3 Å². The minimum Gasteiger partial charge on any atom is -0.378 e. The van der Waals surface area contributed by atoms with Crippen LogP contribution in [0, 0.1) is 10.1 Å². The summed E-state index contributed by atoms with van der Waals surface area (Å²) in [5.41, 5.74) is 4.69. The average Bonchev–Trinajstić information content (AvgIpc) is 3.38. The van der Waals surface area contributed by atoms with Crippen molar-refractivity contribution in [1.29, 1.82) is 0 Å². The molecule has 0 spiro atoms. The standard InChI is InChI=1S/C24H33N7O9S/c1-14-23(35)29(13-20(25)32)10-8-26-16-6-5-15(12-19(16)31(37)38)21(33)28-17(7-11-41(2,39)40)24(36)30-9-3-4-18(30)22(34)27-14/h5-6,12,14,17-18,26H,3-4,7-11,13H2,1-2H3,(H2,25,32)(H,27,34)(H,28,33)/t14-,17-,18-/m0/s1. The maximum absolute atomic E-state index is 13.6. The number of nitro benzene ring substituents is 1. The Balaban J connectivity index is 2.04.